The SMILES string of the molecule is CCn1c(N=Nc2c(C(C)(C)C)nn3c(C(C)C)nn(CC)c23)nc(C#N)c1C#N. The molecule has 0 unspecified atom stereocenters. The first kappa shape index (κ1) is 21.2. The van der Waals surface area contributed by atoms with E-state index in [1.807, 2.05) is 35.2 Å². The van der Waals surface area contributed by atoms with Crippen LogP contribution in [0.25, 0.3) is 5.65 Å². The highest BCUT2D eigenvalue weighted by molar-refractivity contribution is 5.69. The molecule has 30 heavy (non-hydrogen) atoms. The highest BCUT2D eigenvalue weighted by Crippen LogP contribution is 2.36. The third kappa shape index (κ3) is 3.35. The zero-order valence-electron chi connectivity index (χ0n) is 18.5. The summed E-state index contributed by atoms with van der Waals surface area (Å²) >= 11 is 0. The summed E-state index contributed by atoms with van der Waals surface area (Å²) in [7, 11) is 0. The Hall–Kier alpha value is -3.53. The minimum absolute atomic E-state index is 0.0465. The Morgan fingerprint density at radius 2 is 1.73 bits per heavy atom. The molecule has 0 amide bonds. The van der Waals surface area contributed by atoms with Gasteiger partial charge < -0.3 is 0 Å². The van der Waals surface area contributed by atoms with Gasteiger partial charge in [0.25, 0.3) is 5.95 Å². The van der Waals surface area contributed by atoms with E-state index < -0.39 is 0 Å². The molecule has 0 saturated carbocycles. The third-order valence-corrected chi connectivity index (χ3v) is 4.76. The molecule has 10 nitrogen and oxygen atoms in total. The Morgan fingerprint density at radius 3 is 2.23 bits per heavy atom. The van der Waals surface area contributed by atoms with Crippen LogP contribution in [0.4, 0.5) is 11.6 Å². The van der Waals surface area contributed by atoms with Gasteiger partial charge in [0.2, 0.25) is 0 Å². The van der Waals surface area contributed by atoms with Crippen molar-refractivity contribution < 1.29 is 0 Å². The van der Waals surface area contributed by atoms with Gasteiger partial charge in [-0.25, -0.2) is 4.68 Å². The largest absolute Gasteiger partial charge is 0.298 e. The first-order chi connectivity index (χ1) is 14.2. The van der Waals surface area contributed by atoms with E-state index in [2.05, 4.69) is 49.8 Å². The Morgan fingerprint density at radius 1 is 1.03 bits per heavy atom. The monoisotopic (exact) mass is 406 g/mol. The highest BCUT2D eigenvalue weighted by atomic mass is 15.5. The zero-order chi connectivity index (χ0) is 22.2. The van der Waals surface area contributed by atoms with Gasteiger partial charge in [-0.2, -0.15) is 30.2 Å². The molecule has 0 aliphatic heterocycles. The van der Waals surface area contributed by atoms with Crippen LogP contribution >= 0.6 is 0 Å². The molecule has 3 rings (SSSR count). The number of fused-ring (bicyclic) bond motifs is 1. The number of hydrogen-bond acceptors (Lipinski definition) is 7. The lowest BCUT2D eigenvalue weighted by molar-refractivity contribution is 0.557. The van der Waals surface area contributed by atoms with Crippen LogP contribution < -0.4 is 0 Å². The molecule has 3 heterocycles. The second-order valence-corrected chi connectivity index (χ2v) is 8.29. The Bertz CT molecular complexity index is 1200. The van der Waals surface area contributed by atoms with Gasteiger partial charge in [0.15, 0.2) is 28.5 Å². The average Bonchev–Trinajstić information content (AvgIpc) is 3.34. The predicted molar refractivity (Wildman–Crippen MR) is 111 cm³/mol. The molecule has 156 valence electrons. The van der Waals surface area contributed by atoms with Crippen molar-refractivity contribution in [3.05, 3.63) is 22.9 Å². The second-order valence-electron chi connectivity index (χ2n) is 8.29. The van der Waals surface area contributed by atoms with Crippen molar-refractivity contribution in [3.8, 4) is 12.1 Å². The number of azo groups is 1. The van der Waals surface area contributed by atoms with Crippen molar-refractivity contribution in [2.24, 2.45) is 10.2 Å². The topological polar surface area (TPSA) is 125 Å². The van der Waals surface area contributed by atoms with E-state index in [0.29, 0.717) is 18.8 Å². The maximum Gasteiger partial charge on any atom is 0.251 e. The van der Waals surface area contributed by atoms with Crippen LogP contribution in [0.2, 0.25) is 0 Å². The summed E-state index contributed by atoms with van der Waals surface area (Å²) in [6.45, 7) is 15.4. The maximum absolute atomic E-state index is 9.38. The van der Waals surface area contributed by atoms with Gasteiger partial charge >= 0.3 is 0 Å². The van der Waals surface area contributed by atoms with Crippen LogP contribution in [-0.2, 0) is 18.5 Å². The molecule has 0 aliphatic carbocycles. The molecule has 0 saturated heterocycles. The van der Waals surface area contributed by atoms with Crippen molar-refractivity contribution in [2.75, 3.05) is 0 Å². The van der Waals surface area contributed by atoms with Crippen LogP contribution in [0.3, 0.4) is 0 Å². The van der Waals surface area contributed by atoms with Gasteiger partial charge in [-0.1, -0.05) is 34.6 Å². The van der Waals surface area contributed by atoms with Gasteiger partial charge in [-0.15, -0.1) is 10.2 Å². The van der Waals surface area contributed by atoms with Crippen LogP contribution in [0.5, 0.6) is 0 Å². The standard InChI is InChI=1S/C20H26N10/c1-8-28-14(11-22)13(10-21)23-19(28)25-24-15-16(20(5,6)7)26-30-17(12(3)4)27-29(9-2)18(15)30/h12H,8-9H2,1-7H3. The summed E-state index contributed by atoms with van der Waals surface area (Å²) < 4.78 is 5.30. The van der Waals surface area contributed by atoms with E-state index in [1.165, 1.54) is 0 Å². The molecule has 3 aromatic heterocycles. The zero-order valence-corrected chi connectivity index (χ0v) is 18.5. The average molecular weight is 406 g/mol. The highest BCUT2D eigenvalue weighted by Gasteiger charge is 2.29. The summed E-state index contributed by atoms with van der Waals surface area (Å²) in [6.07, 6.45) is 0. The molecule has 0 N–H and O–H groups in total. The normalized spacial score (nSPS) is 12.2. The number of aromatic nitrogens is 6. The van der Waals surface area contributed by atoms with Crippen LogP contribution in [0, 0.1) is 22.7 Å². The summed E-state index contributed by atoms with van der Waals surface area (Å²) in [5.41, 5.74) is 2.14. The van der Waals surface area contributed by atoms with Crippen LogP contribution in [-0.4, -0.2) is 28.9 Å². The number of hydrogen-bond donors (Lipinski definition) is 0. The van der Waals surface area contributed by atoms with Gasteiger partial charge in [0.05, 0.1) is 5.69 Å². The van der Waals surface area contributed by atoms with Crippen molar-refractivity contribution in [1.82, 2.24) is 28.9 Å². The smallest absolute Gasteiger partial charge is 0.251 e. The van der Waals surface area contributed by atoms with E-state index >= 15 is 0 Å². The number of nitrogens with zero attached hydrogens (tertiary/aromatic N) is 10. The molecule has 0 fully saturated rings. The Balaban J connectivity index is 2.27. The number of imidazole rings is 1. The Labute approximate surface area is 175 Å². The van der Waals surface area contributed by atoms with Crippen molar-refractivity contribution >= 4 is 17.3 Å². The van der Waals surface area contributed by atoms with Crippen molar-refractivity contribution in [1.29, 1.82) is 10.5 Å². The molecule has 0 atom stereocenters. The number of nitriles is 2. The van der Waals surface area contributed by atoms with E-state index in [0.717, 1.165) is 17.2 Å². The number of aryl methyl sites for hydroxylation is 1. The summed E-state index contributed by atoms with van der Waals surface area (Å²) in [4.78, 5) is 4.19. The summed E-state index contributed by atoms with van der Waals surface area (Å²) in [6, 6.07) is 3.97. The van der Waals surface area contributed by atoms with E-state index in [9.17, 15) is 10.5 Å². The second kappa shape index (κ2) is 7.71. The fraction of sp³-hybridized carbons (Fsp3) is 0.550. The minimum atomic E-state index is -0.275. The molecule has 3 aromatic rings. The lowest BCUT2D eigenvalue weighted by atomic mass is 9.91. The van der Waals surface area contributed by atoms with Crippen molar-refractivity contribution in [2.45, 2.75) is 72.9 Å². The van der Waals surface area contributed by atoms with E-state index in [1.54, 1.807) is 4.57 Å². The van der Waals surface area contributed by atoms with Crippen LogP contribution in [0.1, 0.15) is 77.3 Å². The quantitative estimate of drug-likeness (QED) is 0.582. The molecule has 10 heteroatoms. The molecular formula is C20H26N10. The molecule has 0 spiro atoms. The minimum Gasteiger partial charge on any atom is -0.298 e. The number of rotatable bonds is 5. The summed E-state index contributed by atoms with van der Waals surface area (Å²) in [5, 5.41) is 37.0. The summed E-state index contributed by atoms with van der Waals surface area (Å²) in [5.74, 6) is 1.26. The lowest BCUT2D eigenvalue weighted by Gasteiger charge is -2.15. The van der Waals surface area contributed by atoms with Gasteiger partial charge in [0.1, 0.15) is 12.1 Å². The fourth-order valence-electron chi connectivity index (χ4n) is 3.29. The first-order valence-corrected chi connectivity index (χ1v) is 10.00. The van der Waals surface area contributed by atoms with Crippen LogP contribution in [0.15, 0.2) is 10.2 Å². The van der Waals surface area contributed by atoms with Gasteiger partial charge in [-0.05, 0) is 13.8 Å². The molecular weight excluding hydrogens is 380 g/mol. The lowest BCUT2D eigenvalue weighted by Crippen LogP contribution is -2.13. The van der Waals surface area contributed by atoms with E-state index in [4.69, 9.17) is 10.2 Å². The maximum atomic E-state index is 9.38. The van der Waals surface area contributed by atoms with Gasteiger partial charge in [-0.3, -0.25) is 4.57 Å². The third-order valence-electron chi connectivity index (χ3n) is 4.76. The van der Waals surface area contributed by atoms with Gasteiger partial charge in [0, 0.05) is 24.4 Å². The molecule has 0 radical (unpaired) electrons. The predicted octanol–water partition coefficient (Wildman–Crippen LogP) is 4.35. The molecule has 0 aliphatic rings. The molecule has 0 bridgehead atoms. The first-order valence-electron chi connectivity index (χ1n) is 10.00. The van der Waals surface area contributed by atoms with E-state index in [-0.39, 0.29) is 28.7 Å². The molecule has 0 aromatic carbocycles. The Kier molecular flexibility index (Phi) is 5.45. The fourth-order valence-corrected chi connectivity index (χ4v) is 3.29. The van der Waals surface area contributed by atoms with Crippen molar-refractivity contribution in [3.63, 3.8) is 0 Å².